The maximum absolute atomic E-state index is 12.5. The van der Waals surface area contributed by atoms with Gasteiger partial charge in [0.25, 0.3) is 0 Å². The molecule has 2 N–H and O–H groups in total. The van der Waals surface area contributed by atoms with Gasteiger partial charge >= 0.3 is 11.9 Å². The molecule has 1 heterocycles. The van der Waals surface area contributed by atoms with Crippen molar-refractivity contribution in [3.63, 3.8) is 0 Å². The van der Waals surface area contributed by atoms with Crippen LogP contribution in [0.3, 0.4) is 0 Å². The molecule has 1 fully saturated rings. The number of hydrogen-bond donors (Lipinski definition) is 2. The van der Waals surface area contributed by atoms with E-state index in [1.807, 2.05) is 20.8 Å². The van der Waals surface area contributed by atoms with Crippen LogP contribution in [0.15, 0.2) is 24.3 Å². The van der Waals surface area contributed by atoms with Gasteiger partial charge < -0.3 is 19.7 Å². The van der Waals surface area contributed by atoms with Gasteiger partial charge in [-0.2, -0.15) is 0 Å². The van der Waals surface area contributed by atoms with Gasteiger partial charge in [-0.15, -0.1) is 0 Å². The highest BCUT2D eigenvalue weighted by Crippen LogP contribution is 2.38. The standard InChI is InChI=1S/C20H28O7/c1-10(2)8-15(22)27-18-17(23)16-12(4)19(24)26-13(16)9-11(3)6-7-14(21)20(18,5)25/h6-7,10-11,13,16-18,23,25H,4,8-9H2,1-3,5H3/b7-6-/t11-,13+,16+,17-,18+,20-/m0/s1. The van der Waals surface area contributed by atoms with Crippen molar-refractivity contribution in [1.82, 2.24) is 0 Å². The number of aliphatic hydroxyl groups is 2. The number of carbonyl (C=O) groups is 3. The molecule has 7 heteroatoms. The van der Waals surface area contributed by atoms with Crippen LogP contribution >= 0.6 is 0 Å². The molecule has 0 unspecified atom stereocenters. The van der Waals surface area contributed by atoms with E-state index in [1.165, 1.54) is 13.0 Å². The molecule has 6 atom stereocenters. The fourth-order valence-corrected chi connectivity index (χ4v) is 3.50. The summed E-state index contributed by atoms with van der Waals surface area (Å²) in [6.45, 7) is 10.4. The normalized spacial score (nSPS) is 38.3. The molecule has 27 heavy (non-hydrogen) atoms. The second-order valence-corrected chi connectivity index (χ2v) is 8.08. The third-order valence-electron chi connectivity index (χ3n) is 5.07. The fourth-order valence-electron chi connectivity index (χ4n) is 3.50. The Morgan fingerprint density at radius 3 is 2.67 bits per heavy atom. The minimum atomic E-state index is -2.17. The summed E-state index contributed by atoms with van der Waals surface area (Å²) in [6, 6.07) is 0. The van der Waals surface area contributed by atoms with Gasteiger partial charge in [-0.1, -0.05) is 33.4 Å². The maximum Gasteiger partial charge on any atom is 0.334 e. The Kier molecular flexibility index (Phi) is 6.27. The molecular formula is C20H28O7. The smallest absolute Gasteiger partial charge is 0.334 e. The molecule has 1 aliphatic carbocycles. The minimum absolute atomic E-state index is 0.00493. The van der Waals surface area contributed by atoms with Crippen LogP contribution in [0.25, 0.3) is 0 Å². The van der Waals surface area contributed by atoms with E-state index in [2.05, 4.69) is 6.58 Å². The van der Waals surface area contributed by atoms with E-state index in [0.29, 0.717) is 6.42 Å². The summed E-state index contributed by atoms with van der Waals surface area (Å²) in [6.07, 6.45) is -0.526. The summed E-state index contributed by atoms with van der Waals surface area (Å²) in [4.78, 5) is 36.7. The molecule has 0 bridgehead atoms. The van der Waals surface area contributed by atoms with Gasteiger partial charge in [0.1, 0.15) is 12.2 Å². The van der Waals surface area contributed by atoms with Crippen LogP contribution in [0.4, 0.5) is 0 Å². The third kappa shape index (κ3) is 4.47. The molecule has 150 valence electrons. The van der Waals surface area contributed by atoms with E-state index in [1.54, 1.807) is 6.08 Å². The topological polar surface area (TPSA) is 110 Å². The summed E-state index contributed by atoms with van der Waals surface area (Å²) in [5, 5.41) is 21.8. The van der Waals surface area contributed by atoms with Gasteiger partial charge in [0.2, 0.25) is 0 Å². The van der Waals surface area contributed by atoms with Crippen molar-refractivity contribution in [1.29, 1.82) is 0 Å². The lowest BCUT2D eigenvalue weighted by molar-refractivity contribution is -0.187. The lowest BCUT2D eigenvalue weighted by atomic mass is 9.77. The predicted octanol–water partition coefficient (Wildman–Crippen LogP) is 1.32. The first-order valence-corrected chi connectivity index (χ1v) is 9.17. The Balaban J connectivity index is 2.46. The van der Waals surface area contributed by atoms with Gasteiger partial charge in [0.15, 0.2) is 17.5 Å². The molecule has 0 saturated carbocycles. The number of ether oxygens (including phenoxy) is 2. The Labute approximate surface area is 159 Å². The lowest BCUT2D eigenvalue weighted by Crippen LogP contribution is -2.57. The van der Waals surface area contributed by atoms with E-state index in [0.717, 1.165) is 0 Å². The summed E-state index contributed by atoms with van der Waals surface area (Å²) in [7, 11) is 0. The monoisotopic (exact) mass is 380 g/mol. The molecule has 1 saturated heterocycles. The highest BCUT2D eigenvalue weighted by molar-refractivity contribution is 5.97. The van der Waals surface area contributed by atoms with Gasteiger partial charge in [-0.3, -0.25) is 9.59 Å². The van der Waals surface area contributed by atoms with E-state index in [-0.39, 0.29) is 23.8 Å². The van der Waals surface area contributed by atoms with E-state index < -0.39 is 47.6 Å². The molecule has 1 aliphatic heterocycles. The minimum Gasteiger partial charge on any atom is -0.458 e. The second kappa shape index (κ2) is 7.94. The summed E-state index contributed by atoms with van der Waals surface area (Å²) in [5.41, 5.74) is -2.13. The molecule has 0 spiro atoms. The van der Waals surface area contributed by atoms with Gasteiger partial charge in [0, 0.05) is 12.0 Å². The molecule has 0 aromatic carbocycles. The molecule has 2 aliphatic rings. The van der Waals surface area contributed by atoms with Crippen LogP contribution in [0, 0.1) is 17.8 Å². The highest BCUT2D eigenvalue weighted by Gasteiger charge is 2.53. The maximum atomic E-state index is 12.5. The zero-order valence-electron chi connectivity index (χ0n) is 16.2. The van der Waals surface area contributed by atoms with Crippen molar-refractivity contribution >= 4 is 17.7 Å². The zero-order valence-corrected chi connectivity index (χ0v) is 16.2. The number of aliphatic hydroxyl groups excluding tert-OH is 1. The van der Waals surface area contributed by atoms with Gasteiger partial charge in [0.05, 0.1) is 5.92 Å². The molecule has 2 rings (SSSR count). The first-order chi connectivity index (χ1) is 12.4. The summed E-state index contributed by atoms with van der Waals surface area (Å²) < 4.78 is 10.7. The van der Waals surface area contributed by atoms with Crippen molar-refractivity contribution in [2.45, 2.75) is 64.4 Å². The van der Waals surface area contributed by atoms with Crippen molar-refractivity contribution in [2.75, 3.05) is 0 Å². The Morgan fingerprint density at radius 2 is 2.07 bits per heavy atom. The van der Waals surface area contributed by atoms with Crippen LogP contribution in [-0.4, -0.2) is 51.8 Å². The number of carbonyl (C=O) groups excluding carboxylic acids is 3. The summed E-state index contributed by atoms with van der Waals surface area (Å²) in [5.74, 6) is -3.01. The SMILES string of the molecule is C=C1C(=O)O[C@@H]2C[C@@H](C)/C=C\C(=O)[C@](C)(O)[C@H](OC(=O)CC(C)C)[C@@H](O)[C@H]12. The number of ketones is 1. The van der Waals surface area contributed by atoms with Crippen LogP contribution in [0.2, 0.25) is 0 Å². The first kappa shape index (κ1) is 21.3. The van der Waals surface area contributed by atoms with Crippen molar-refractivity contribution < 1.29 is 34.1 Å². The Morgan fingerprint density at radius 1 is 1.44 bits per heavy atom. The van der Waals surface area contributed by atoms with Crippen LogP contribution < -0.4 is 0 Å². The quantitative estimate of drug-likeness (QED) is 0.561. The van der Waals surface area contributed by atoms with Crippen LogP contribution in [-0.2, 0) is 23.9 Å². The average Bonchev–Trinajstić information content (AvgIpc) is 2.82. The molecule has 0 aromatic rings. The number of fused-ring (bicyclic) bond motifs is 1. The number of hydrogen-bond acceptors (Lipinski definition) is 7. The molecule has 7 nitrogen and oxygen atoms in total. The van der Waals surface area contributed by atoms with Gasteiger partial charge in [-0.25, -0.2) is 4.79 Å². The largest absolute Gasteiger partial charge is 0.458 e. The van der Waals surface area contributed by atoms with E-state index in [9.17, 15) is 24.6 Å². The van der Waals surface area contributed by atoms with E-state index in [4.69, 9.17) is 9.47 Å². The van der Waals surface area contributed by atoms with Crippen molar-refractivity contribution in [3.8, 4) is 0 Å². The Bertz CT molecular complexity index is 661. The third-order valence-corrected chi connectivity index (χ3v) is 5.07. The van der Waals surface area contributed by atoms with Crippen LogP contribution in [0.1, 0.15) is 40.5 Å². The molecular weight excluding hydrogens is 352 g/mol. The summed E-state index contributed by atoms with van der Waals surface area (Å²) >= 11 is 0. The van der Waals surface area contributed by atoms with E-state index >= 15 is 0 Å². The first-order valence-electron chi connectivity index (χ1n) is 9.17. The predicted molar refractivity (Wildman–Crippen MR) is 96.4 cm³/mol. The van der Waals surface area contributed by atoms with Gasteiger partial charge in [-0.05, 0) is 31.3 Å². The van der Waals surface area contributed by atoms with Crippen molar-refractivity contribution in [3.05, 3.63) is 24.3 Å². The molecule has 0 radical (unpaired) electrons. The number of allylic oxidation sites excluding steroid dienone is 1. The fraction of sp³-hybridized carbons (Fsp3) is 0.650. The van der Waals surface area contributed by atoms with Crippen molar-refractivity contribution in [2.24, 2.45) is 17.8 Å². The Hall–Kier alpha value is -1.99. The number of rotatable bonds is 3. The molecule has 0 aromatic heterocycles. The highest BCUT2D eigenvalue weighted by atomic mass is 16.6. The molecule has 0 amide bonds. The average molecular weight is 380 g/mol. The second-order valence-electron chi connectivity index (χ2n) is 8.08. The van der Waals surface area contributed by atoms with Crippen LogP contribution in [0.5, 0.6) is 0 Å². The lowest BCUT2D eigenvalue weighted by Gasteiger charge is -2.37. The zero-order chi connectivity index (χ0) is 20.5. The number of esters is 2.